The van der Waals surface area contributed by atoms with Crippen LogP contribution in [0.4, 0.5) is 15.8 Å². The lowest BCUT2D eigenvalue weighted by Gasteiger charge is -2.26. The van der Waals surface area contributed by atoms with E-state index in [1.54, 1.807) is 12.1 Å². The van der Waals surface area contributed by atoms with Crippen LogP contribution in [0.25, 0.3) is 0 Å². The molecule has 20 heavy (non-hydrogen) atoms. The van der Waals surface area contributed by atoms with Crippen molar-refractivity contribution in [3.05, 3.63) is 58.9 Å². The van der Waals surface area contributed by atoms with Crippen molar-refractivity contribution in [3.8, 4) is 0 Å². The maximum Gasteiger partial charge on any atom is 0.146 e. The molecule has 0 saturated heterocycles. The topological polar surface area (TPSA) is 29.3 Å². The highest BCUT2D eigenvalue weighted by Crippen LogP contribution is 2.33. The highest BCUT2D eigenvalue weighted by Gasteiger charge is 2.16. The van der Waals surface area contributed by atoms with Crippen molar-refractivity contribution in [1.29, 1.82) is 0 Å². The molecule has 0 amide bonds. The minimum absolute atomic E-state index is 0.243. The van der Waals surface area contributed by atoms with Gasteiger partial charge in [0.2, 0.25) is 0 Å². The number of rotatable bonds is 5. The first-order valence-corrected chi connectivity index (χ1v) is 7.06. The number of benzene rings is 2. The van der Waals surface area contributed by atoms with Crippen molar-refractivity contribution in [2.45, 2.75) is 13.3 Å². The van der Waals surface area contributed by atoms with Crippen molar-refractivity contribution >= 4 is 23.0 Å². The van der Waals surface area contributed by atoms with E-state index in [1.807, 2.05) is 36.1 Å². The Balaban J connectivity index is 2.53. The fourth-order valence-corrected chi connectivity index (χ4v) is 2.60. The van der Waals surface area contributed by atoms with Gasteiger partial charge in [-0.2, -0.15) is 0 Å². The molecule has 0 aliphatic rings. The van der Waals surface area contributed by atoms with Crippen molar-refractivity contribution in [3.63, 3.8) is 0 Å². The summed E-state index contributed by atoms with van der Waals surface area (Å²) in [5, 5.41) is 0.669. The second-order valence-electron chi connectivity index (χ2n) is 4.47. The van der Waals surface area contributed by atoms with E-state index >= 15 is 0 Å². The Morgan fingerprint density at radius 2 is 1.80 bits per heavy atom. The van der Waals surface area contributed by atoms with E-state index in [9.17, 15) is 4.39 Å². The van der Waals surface area contributed by atoms with Gasteiger partial charge >= 0.3 is 0 Å². The molecule has 0 unspecified atom stereocenters. The predicted octanol–water partition coefficient (Wildman–Crippen LogP) is 4.14. The smallest absolute Gasteiger partial charge is 0.146 e. The third-order valence-corrected chi connectivity index (χ3v) is 3.59. The molecule has 106 valence electrons. The Labute approximate surface area is 124 Å². The van der Waals surface area contributed by atoms with Gasteiger partial charge in [0, 0.05) is 17.3 Å². The molecular formula is C16H18ClFN2. The predicted molar refractivity (Wildman–Crippen MR) is 83.3 cm³/mol. The number of nitrogens with two attached hydrogens (primary N) is 1. The third kappa shape index (κ3) is 2.94. The third-order valence-electron chi connectivity index (χ3n) is 3.24. The average molecular weight is 293 g/mol. The normalized spacial score (nSPS) is 10.6. The summed E-state index contributed by atoms with van der Waals surface area (Å²) in [6.07, 6.45) is 0.667. The van der Waals surface area contributed by atoms with Gasteiger partial charge in [0.1, 0.15) is 5.82 Å². The Bertz CT molecular complexity index is 586. The molecule has 4 heteroatoms. The lowest BCUT2D eigenvalue weighted by molar-refractivity contribution is 0.625. The average Bonchev–Trinajstić information content (AvgIpc) is 2.45. The molecule has 0 atom stereocenters. The molecule has 0 radical (unpaired) electrons. The first-order valence-electron chi connectivity index (χ1n) is 6.68. The summed E-state index contributed by atoms with van der Waals surface area (Å²) in [5.74, 6) is -0.243. The van der Waals surface area contributed by atoms with Crippen molar-refractivity contribution in [2.75, 3.05) is 18.0 Å². The molecule has 0 saturated carbocycles. The minimum Gasteiger partial charge on any atom is -0.339 e. The number of para-hydroxylation sites is 1. The van der Waals surface area contributed by atoms with Crippen LogP contribution in [-0.4, -0.2) is 13.1 Å². The molecule has 0 heterocycles. The van der Waals surface area contributed by atoms with Crippen LogP contribution in [0, 0.1) is 5.82 Å². The largest absolute Gasteiger partial charge is 0.339 e. The fraction of sp³-hybridized carbons (Fsp3) is 0.250. The van der Waals surface area contributed by atoms with E-state index in [2.05, 4.69) is 0 Å². The van der Waals surface area contributed by atoms with Gasteiger partial charge in [-0.3, -0.25) is 0 Å². The monoisotopic (exact) mass is 292 g/mol. The van der Waals surface area contributed by atoms with Crippen LogP contribution in [0.3, 0.4) is 0 Å². The molecule has 0 fully saturated rings. The van der Waals surface area contributed by atoms with E-state index in [0.717, 1.165) is 11.3 Å². The molecule has 2 rings (SSSR count). The molecule has 0 aliphatic carbocycles. The zero-order valence-corrected chi connectivity index (χ0v) is 12.2. The first kappa shape index (κ1) is 14.8. The van der Waals surface area contributed by atoms with E-state index in [-0.39, 0.29) is 5.82 Å². The molecule has 2 nitrogen and oxygen atoms in total. The summed E-state index contributed by atoms with van der Waals surface area (Å²) in [4.78, 5) is 1.92. The van der Waals surface area contributed by atoms with E-state index in [1.165, 1.54) is 6.07 Å². The maximum atomic E-state index is 14.0. The van der Waals surface area contributed by atoms with Crippen molar-refractivity contribution in [2.24, 2.45) is 5.73 Å². The lowest BCUT2D eigenvalue weighted by Crippen LogP contribution is -2.20. The van der Waals surface area contributed by atoms with Crippen LogP contribution < -0.4 is 10.6 Å². The SMILES string of the molecule is CCN(c1ccccc1F)c1cccc(Cl)c1CCN. The zero-order valence-electron chi connectivity index (χ0n) is 11.4. The van der Waals surface area contributed by atoms with E-state index in [0.29, 0.717) is 30.2 Å². The Morgan fingerprint density at radius 1 is 1.10 bits per heavy atom. The summed E-state index contributed by atoms with van der Waals surface area (Å²) in [6.45, 7) is 3.14. The molecule has 0 aromatic heterocycles. The number of halogens is 2. The van der Waals surface area contributed by atoms with Gasteiger partial charge in [0.25, 0.3) is 0 Å². The highest BCUT2D eigenvalue weighted by atomic mass is 35.5. The van der Waals surface area contributed by atoms with Crippen molar-refractivity contribution < 1.29 is 4.39 Å². The second-order valence-corrected chi connectivity index (χ2v) is 4.88. The van der Waals surface area contributed by atoms with Crippen LogP contribution in [0.2, 0.25) is 5.02 Å². The Kier molecular flexibility index (Phi) is 4.99. The number of anilines is 2. The summed E-state index contributed by atoms with van der Waals surface area (Å²) >= 11 is 6.26. The summed E-state index contributed by atoms with van der Waals surface area (Å²) < 4.78 is 14.0. The van der Waals surface area contributed by atoms with E-state index < -0.39 is 0 Å². The number of hydrogen-bond acceptors (Lipinski definition) is 2. The number of hydrogen-bond donors (Lipinski definition) is 1. The Hall–Kier alpha value is -1.58. The standard InChI is InChI=1S/C16H18ClFN2/c1-2-20(16-8-4-3-7-14(16)18)15-9-5-6-13(17)12(15)10-11-19/h3-9H,2,10-11,19H2,1H3. The number of nitrogens with zero attached hydrogens (tertiary/aromatic N) is 1. The van der Waals surface area contributed by atoms with Gasteiger partial charge in [0.05, 0.1) is 5.69 Å². The molecule has 2 aromatic rings. The van der Waals surface area contributed by atoms with Crippen LogP contribution >= 0.6 is 11.6 Å². The molecule has 0 aliphatic heterocycles. The van der Waals surface area contributed by atoms with Crippen LogP contribution in [0.5, 0.6) is 0 Å². The van der Waals surface area contributed by atoms with Crippen LogP contribution in [-0.2, 0) is 6.42 Å². The van der Waals surface area contributed by atoms with E-state index in [4.69, 9.17) is 17.3 Å². The summed E-state index contributed by atoms with van der Waals surface area (Å²) in [7, 11) is 0. The quantitative estimate of drug-likeness (QED) is 0.897. The van der Waals surface area contributed by atoms with Gasteiger partial charge in [0.15, 0.2) is 0 Å². The summed E-state index contributed by atoms with van der Waals surface area (Å²) in [5.41, 5.74) is 8.08. The fourth-order valence-electron chi connectivity index (χ4n) is 2.33. The Morgan fingerprint density at radius 3 is 2.45 bits per heavy atom. The zero-order chi connectivity index (χ0) is 14.5. The molecular weight excluding hydrogens is 275 g/mol. The van der Waals surface area contributed by atoms with Gasteiger partial charge in [-0.1, -0.05) is 29.8 Å². The van der Waals surface area contributed by atoms with Gasteiger partial charge < -0.3 is 10.6 Å². The van der Waals surface area contributed by atoms with Crippen LogP contribution in [0.1, 0.15) is 12.5 Å². The van der Waals surface area contributed by atoms with Gasteiger partial charge in [-0.25, -0.2) is 4.39 Å². The first-order chi connectivity index (χ1) is 9.69. The molecule has 2 aromatic carbocycles. The molecule has 2 N–H and O–H groups in total. The minimum atomic E-state index is -0.243. The van der Waals surface area contributed by atoms with Gasteiger partial charge in [-0.05, 0) is 49.7 Å². The maximum absolute atomic E-state index is 14.0. The van der Waals surface area contributed by atoms with Crippen LogP contribution in [0.15, 0.2) is 42.5 Å². The summed E-state index contributed by atoms with van der Waals surface area (Å²) in [6, 6.07) is 12.4. The highest BCUT2D eigenvalue weighted by molar-refractivity contribution is 6.31. The molecule has 0 bridgehead atoms. The lowest BCUT2D eigenvalue weighted by atomic mass is 10.1. The second kappa shape index (κ2) is 6.73. The van der Waals surface area contributed by atoms with Crippen molar-refractivity contribution in [1.82, 2.24) is 0 Å². The molecule has 0 spiro atoms. The van der Waals surface area contributed by atoms with Gasteiger partial charge in [-0.15, -0.1) is 0 Å².